The van der Waals surface area contributed by atoms with E-state index in [0.29, 0.717) is 0 Å². The molecule has 0 spiro atoms. The molecule has 0 bridgehead atoms. The molecule has 0 aromatic heterocycles. The summed E-state index contributed by atoms with van der Waals surface area (Å²) in [4.78, 5) is 26.2. The molecule has 1 heterocycles. The van der Waals surface area contributed by atoms with Gasteiger partial charge in [-0.1, -0.05) is 38.5 Å². The van der Waals surface area contributed by atoms with Crippen LogP contribution in [-0.2, 0) is 19.1 Å². The van der Waals surface area contributed by atoms with Gasteiger partial charge in [0.25, 0.3) is 0 Å². The SMILES string of the molecule is CC(C)OC(=O)CN1CCCCCCCCCCC(C)(C)OC(=O)C1. The fourth-order valence-corrected chi connectivity index (χ4v) is 3.22. The summed E-state index contributed by atoms with van der Waals surface area (Å²) in [5.41, 5.74) is -0.443. The Morgan fingerprint density at radius 1 is 1.08 bits per heavy atom. The average molecular weight is 356 g/mol. The maximum atomic E-state index is 12.3. The summed E-state index contributed by atoms with van der Waals surface area (Å²) < 4.78 is 10.9. The van der Waals surface area contributed by atoms with Crippen molar-refractivity contribution in [1.29, 1.82) is 0 Å². The molecule has 25 heavy (non-hydrogen) atoms. The minimum Gasteiger partial charge on any atom is -0.462 e. The minimum atomic E-state index is -0.443. The molecule has 1 fully saturated rings. The van der Waals surface area contributed by atoms with Crippen LogP contribution in [-0.4, -0.2) is 48.2 Å². The first kappa shape index (κ1) is 21.9. The van der Waals surface area contributed by atoms with Crippen molar-refractivity contribution in [3.63, 3.8) is 0 Å². The van der Waals surface area contributed by atoms with E-state index in [2.05, 4.69) is 0 Å². The van der Waals surface area contributed by atoms with Gasteiger partial charge in [0.05, 0.1) is 19.2 Å². The molecule has 0 radical (unpaired) electrons. The third kappa shape index (κ3) is 11.2. The number of hydrogen-bond acceptors (Lipinski definition) is 5. The predicted octanol–water partition coefficient (Wildman–Crippen LogP) is 4.09. The molecule has 146 valence electrons. The molecule has 0 atom stereocenters. The third-order valence-corrected chi connectivity index (χ3v) is 4.47. The van der Waals surface area contributed by atoms with Crippen LogP contribution in [0.15, 0.2) is 0 Å². The van der Waals surface area contributed by atoms with E-state index in [0.717, 1.165) is 32.2 Å². The maximum Gasteiger partial charge on any atom is 0.320 e. The van der Waals surface area contributed by atoms with Crippen LogP contribution in [0, 0.1) is 0 Å². The van der Waals surface area contributed by atoms with E-state index in [1.165, 1.54) is 32.1 Å². The molecule has 0 aliphatic carbocycles. The van der Waals surface area contributed by atoms with E-state index in [-0.39, 0.29) is 31.1 Å². The summed E-state index contributed by atoms with van der Waals surface area (Å²) in [6.45, 7) is 8.63. The summed E-state index contributed by atoms with van der Waals surface area (Å²) in [5, 5.41) is 0. The van der Waals surface area contributed by atoms with Crippen molar-refractivity contribution in [3.05, 3.63) is 0 Å². The molecule has 5 nitrogen and oxygen atoms in total. The molecule has 0 N–H and O–H groups in total. The lowest BCUT2D eigenvalue weighted by atomic mass is 9.99. The monoisotopic (exact) mass is 355 g/mol. The molecule has 1 saturated heterocycles. The van der Waals surface area contributed by atoms with Gasteiger partial charge in [0.15, 0.2) is 0 Å². The van der Waals surface area contributed by atoms with Gasteiger partial charge in [-0.15, -0.1) is 0 Å². The van der Waals surface area contributed by atoms with Crippen LogP contribution in [0.25, 0.3) is 0 Å². The topological polar surface area (TPSA) is 55.8 Å². The molecule has 0 aromatic carbocycles. The molecule has 0 aromatic rings. The zero-order valence-corrected chi connectivity index (χ0v) is 16.6. The summed E-state index contributed by atoms with van der Waals surface area (Å²) in [6, 6.07) is 0. The highest BCUT2D eigenvalue weighted by atomic mass is 16.6. The van der Waals surface area contributed by atoms with E-state index in [1.54, 1.807) is 0 Å². The van der Waals surface area contributed by atoms with Gasteiger partial charge in [0.2, 0.25) is 0 Å². The fraction of sp³-hybridized carbons (Fsp3) is 0.900. The van der Waals surface area contributed by atoms with Gasteiger partial charge in [0, 0.05) is 0 Å². The number of esters is 2. The van der Waals surface area contributed by atoms with Crippen LogP contribution in [0.3, 0.4) is 0 Å². The van der Waals surface area contributed by atoms with E-state index in [9.17, 15) is 9.59 Å². The number of ether oxygens (including phenoxy) is 2. The van der Waals surface area contributed by atoms with Gasteiger partial charge >= 0.3 is 11.9 Å². The summed E-state index contributed by atoms with van der Waals surface area (Å²) in [7, 11) is 0. The Balaban J connectivity index is 2.64. The van der Waals surface area contributed by atoms with Crippen molar-refractivity contribution < 1.29 is 19.1 Å². The highest BCUT2D eigenvalue weighted by molar-refractivity contribution is 5.75. The van der Waals surface area contributed by atoms with E-state index in [4.69, 9.17) is 9.47 Å². The Hall–Kier alpha value is -1.10. The highest BCUT2D eigenvalue weighted by Crippen LogP contribution is 2.20. The van der Waals surface area contributed by atoms with Crippen LogP contribution in [0.2, 0.25) is 0 Å². The van der Waals surface area contributed by atoms with Crippen LogP contribution >= 0.6 is 0 Å². The first-order valence-corrected chi connectivity index (χ1v) is 9.92. The molecule has 5 heteroatoms. The molecular weight excluding hydrogens is 318 g/mol. The standard InChI is InChI=1S/C20H37NO4/c1-17(2)24-18(22)15-21-14-12-10-8-6-5-7-9-11-13-20(3,4)25-19(23)16-21/h17H,5-16H2,1-4H3. The average Bonchev–Trinajstić information content (AvgIpc) is 2.46. The predicted molar refractivity (Wildman–Crippen MR) is 99.4 cm³/mol. The van der Waals surface area contributed by atoms with Crippen LogP contribution in [0.4, 0.5) is 0 Å². The first-order valence-electron chi connectivity index (χ1n) is 9.92. The molecular formula is C20H37NO4. The quantitative estimate of drug-likeness (QED) is 0.714. The second-order valence-electron chi connectivity index (χ2n) is 8.06. The Morgan fingerprint density at radius 3 is 2.24 bits per heavy atom. The van der Waals surface area contributed by atoms with Crippen molar-refractivity contribution >= 4 is 11.9 Å². The van der Waals surface area contributed by atoms with Crippen LogP contribution in [0.1, 0.15) is 85.5 Å². The zero-order chi connectivity index (χ0) is 18.7. The Labute approximate surface area is 153 Å². The smallest absolute Gasteiger partial charge is 0.320 e. The Bertz CT molecular complexity index is 407. The van der Waals surface area contributed by atoms with E-state index < -0.39 is 5.60 Å². The van der Waals surface area contributed by atoms with Gasteiger partial charge in [-0.2, -0.15) is 0 Å². The van der Waals surface area contributed by atoms with Crippen molar-refractivity contribution in [2.75, 3.05) is 19.6 Å². The number of rotatable bonds is 3. The van der Waals surface area contributed by atoms with Gasteiger partial charge in [0.1, 0.15) is 5.60 Å². The summed E-state index contributed by atoms with van der Waals surface area (Å²) >= 11 is 0. The minimum absolute atomic E-state index is 0.137. The molecule has 0 saturated carbocycles. The van der Waals surface area contributed by atoms with Gasteiger partial charge in [-0.3, -0.25) is 14.5 Å². The summed E-state index contributed by atoms with van der Waals surface area (Å²) in [6.07, 6.45) is 10.2. The first-order chi connectivity index (χ1) is 11.8. The van der Waals surface area contributed by atoms with Crippen molar-refractivity contribution in [1.82, 2.24) is 4.90 Å². The molecule has 1 rings (SSSR count). The third-order valence-electron chi connectivity index (χ3n) is 4.47. The van der Waals surface area contributed by atoms with Gasteiger partial charge in [-0.25, -0.2) is 0 Å². The van der Waals surface area contributed by atoms with Gasteiger partial charge < -0.3 is 9.47 Å². The fourth-order valence-electron chi connectivity index (χ4n) is 3.22. The molecule has 0 unspecified atom stereocenters. The van der Waals surface area contributed by atoms with E-state index in [1.807, 2.05) is 32.6 Å². The van der Waals surface area contributed by atoms with Crippen molar-refractivity contribution in [3.8, 4) is 0 Å². The second-order valence-corrected chi connectivity index (χ2v) is 8.06. The summed E-state index contributed by atoms with van der Waals surface area (Å²) in [5.74, 6) is -0.530. The van der Waals surface area contributed by atoms with Crippen molar-refractivity contribution in [2.24, 2.45) is 0 Å². The molecule has 1 aliphatic heterocycles. The number of nitrogens with zero attached hydrogens (tertiary/aromatic N) is 1. The van der Waals surface area contributed by atoms with Crippen molar-refractivity contribution in [2.45, 2.75) is 97.2 Å². The second kappa shape index (κ2) is 11.5. The highest BCUT2D eigenvalue weighted by Gasteiger charge is 2.24. The van der Waals surface area contributed by atoms with Crippen LogP contribution < -0.4 is 0 Å². The molecule has 0 amide bonds. The zero-order valence-electron chi connectivity index (χ0n) is 16.6. The normalized spacial score (nSPS) is 21.9. The Morgan fingerprint density at radius 2 is 1.64 bits per heavy atom. The lowest BCUT2D eigenvalue weighted by molar-refractivity contribution is -0.159. The largest absolute Gasteiger partial charge is 0.462 e. The maximum absolute atomic E-state index is 12.3. The molecule has 1 aliphatic rings. The Kier molecular flexibility index (Phi) is 10.1. The number of cyclic esters (lactones) is 1. The number of carbonyl (C=O) groups excluding carboxylic acids is 2. The number of hydrogen-bond donors (Lipinski definition) is 0. The van der Waals surface area contributed by atoms with Gasteiger partial charge in [-0.05, 0) is 53.5 Å². The lowest BCUT2D eigenvalue weighted by Gasteiger charge is -2.27. The van der Waals surface area contributed by atoms with E-state index >= 15 is 0 Å². The number of carbonyl (C=O) groups is 2. The van der Waals surface area contributed by atoms with Crippen LogP contribution in [0.5, 0.6) is 0 Å². The lowest BCUT2D eigenvalue weighted by Crippen LogP contribution is -2.40.